The van der Waals surface area contributed by atoms with E-state index in [4.69, 9.17) is 21.2 Å². The van der Waals surface area contributed by atoms with Crippen molar-refractivity contribution in [1.29, 1.82) is 0 Å². The number of carboxylic acid groups (broad SMARTS) is 1. The minimum Gasteiger partial charge on any atom is -0.481 e. The van der Waals surface area contributed by atoms with E-state index in [1.54, 1.807) is 0 Å². The molecule has 2 saturated carbocycles. The lowest BCUT2D eigenvalue weighted by Crippen LogP contribution is -2.33. The molecule has 3 aromatic rings. The molecule has 0 bridgehead atoms. The molecule has 2 heterocycles. The van der Waals surface area contributed by atoms with E-state index >= 15 is 0 Å². The maximum Gasteiger partial charge on any atom is 0.306 e. The molecule has 0 atom stereocenters. The molecule has 0 unspecified atom stereocenters. The van der Waals surface area contributed by atoms with E-state index in [1.165, 1.54) is 10.7 Å². The first kappa shape index (κ1) is 20.1. The number of aromatic nitrogens is 4. The smallest absolute Gasteiger partial charge is 0.306 e. The Balaban J connectivity index is 1.45. The van der Waals surface area contributed by atoms with Gasteiger partial charge in [0.1, 0.15) is 5.69 Å². The standard InChI is InChI=1S/C21H19ClF2N4O3/c1-10-6-12(22)2-3-14(10)21(4-5-21)20-25-18(31-27-20)15-9-16(17(23)24)28(26-15)13-7-11(8-13)19(29)30/h2-3,6,9,11,13,17H,4-5,7-8H2,1H3,(H,29,30). The van der Waals surface area contributed by atoms with E-state index in [0.29, 0.717) is 10.8 Å². The fourth-order valence-electron chi connectivity index (χ4n) is 4.38. The van der Waals surface area contributed by atoms with Crippen molar-refractivity contribution >= 4 is 17.6 Å². The number of aryl methyl sites for hydroxylation is 1. The second-order valence-corrected chi connectivity index (χ2v) is 8.76. The highest BCUT2D eigenvalue weighted by molar-refractivity contribution is 6.30. The summed E-state index contributed by atoms with van der Waals surface area (Å²) in [5.74, 6) is -0.884. The van der Waals surface area contributed by atoms with Crippen LogP contribution >= 0.6 is 11.6 Å². The number of carboxylic acids is 1. The number of hydrogen-bond acceptors (Lipinski definition) is 5. The molecule has 162 valence electrons. The Labute approximate surface area is 181 Å². The second-order valence-electron chi connectivity index (χ2n) is 8.32. The molecule has 2 aliphatic rings. The predicted molar refractivity (Wildman–Crippen MR) is 106 cm³/mol. The Morgan fingerprint density at radius 1 is 1.32 bits per heavy atom. The predicted octanol–water partition coefficient (Wildman–Crippen LogP) is 4.95. The van der Waals surface area contributed by atoms with Gasteiger partial charge < -0.3 is 9.63 Å². The van der Waals surface area contributed by atoms with Gasteiger partial charge in [-0.15, -0.1) is 0 Å². The molecule has 2 fully saturated rings. The number of benzene rings is 1. The summed E-state index contributed by atoms with van der Waals surface area (Å²) < 4.78 is 33.8. The van der Waals surface area contributed by atoms with Crippen molar-refractivity contribution in [2.24, 2.45) is 5.92 Å². The molecule has 0 radical (unpaired) electrons. The summed E-state index contributed by atoms with van der Waals surface area (Å²) in [6, 6.07) is 6.53. The van der Waals surface area contributed by atoms with E-state index < -0.39 is 18.3 Å². The van der Waals surface area contributed by atoms with Crippen molar-refractivity contribution in [3.05, 3.63) is 51.9 Å². The van der Waals surface area contributed by atoms with Crippen LogP contribution in [0.5, 0.6) is 0 Å². The van der Waals surface area contributed by atoms with Crippen LogP contribution in [-0.2, 0) is 10.2 Å². The molecule has 1 N–H and O–H groups in total. The van der Waals surface area contributed by atoms with Crippen LogP contribution in [0.1, 0.15) is 60.8 Å². The van der Waals surface area contributed by atoms with Gasteiger partial charge >= 0.3 is 5.97 Å². The van der Waals surface area contributed by atoms with Crippen LogP contribution in [0.4, 0.5) is 8.78 Å². The lowest BCUT2D eigenvalue weighted by atomic mass is 9.80. The van der Waals surface area contributed by atoms with Crippen LogP contribution in [-0.4, -0.2) is 31.0 Å². The first-order valence-electron chi connectivity index (χ1n) is 10.00. The lowest BCUT2D eigenvalue weighted by Gasteiger charge is -2.33. The van der Waals surface area contributed by atoms with Crippen molar-refractivity contribution in [3.8, 4) is 11.6 Å². The number of aliphatic carboxylic acids is 1. The second kappa shape index (κ2) is 7.12. The molecule has 5 rings (SSSR count). The van der Waals surface area contributed by atoms with Gasteiger partial charge in [0.2, 0.25) is 0 Å². The number of rotatable bonds is 6. The van der Waals surface area contributed by atoms with Crippen LogP contribution in [0.15, 0.2) is 28.8 Å². The van der Waals surface area contributed by atoms with Crippen LogP contribution in [0.2, 0.25) is 5.02 Å². The topological polar surface area (TPSA) is 94.0 Å². The van der Waals surface area contributed by atoms with Crippen molar-refractivity contribution in [3.63, 3.8) is 0 Å². The molecule has 31 heavy (non-hydrogen) atoms. The lowest BCUT2D eigenvalue weighted by molar-refractivity contribution is -0.146. The van der Waals surface area contributed by atoms with Crippen LogP contribution in [0, 0.1) is 12.8 Å². The average Bonchev–Trinajstić information content (AvgIpc) is 3.11. The molecule has 1 aromatic carbocycles. The summed E-state index contributed by atoms with van der Waals surface area (Å²) >= 11 is 6.07. The highest BCUT2D eigenvalue weighted by Gasteiger charge is 2.51. The van der Waals surface area contributed by atoms with Gasteiger partial charge in [-0.05, 0) is 61.9 Å². The maximum absolute atomic E-state index is 13.6. The number of hydrogen-bond donors (Lipinski definition) is 1. The highest BCUT2D eigenvalue weighted by Crippen LogP contribution is 2.53. The zero-order valence-electron chi connectivity index (χ0n) is 16.6. The van der Waals surface area contributed by atoms with Gasteiger partial charge in [-0.2, -0.15) is 10.1 Å². The molecule has 0 aliphatic heterocycles. The largest absolute Gasteiger partial charge is 0.481 e. The van der Waals surface area contributed by atoms with Gasteiger partial charge in [0.25, 0.3) is 12.3 Å². The molecule has 0 saturated heterocycles. The molecule has 0 spiro atoms. The molecule has 2 aliphatic carbocycles. The van der Waals surface area contributed by atoms with Gasteiger partial charge in [0.05, 0.1) is 17.4 Å². The molecular weight excluding hydrogens is 430 g/mol. The molecule has 10 heteroatoms. The minimum absolute atomic E-state index is 0.0719. The van der Waals surface area contributed by atoms with Gasteiger partial charge in [-0.1, -0.05) is 22.8 Å². The quantitative estimate of drug-likeness (QED) is 0.573. The highest BCUT2D eigenvalue weighted by atomic mass is 35.5. The first-order chi connectivity index (χ1) is 14.8. The van der Waals surface area contributed by atoms with Crippen molar-refractivity contribution in [2.45, 2.75) is 50.5 Å². The number of alkyl halides is 2. The van der Waals surface area contributed by atoms with Crippen molar-refractivity contribution in [1.82, 2.24) is 19.9 Å². The first-order valence-corrected chi connectivity index (χ1v) is 10.4. The zero-order valence-corrected chi connectivity index (χ0v) is 17.3. The van der Waals surface area contributed by atoms with Crippen LogP contribution in [0.3, 0.4) is 0 Å². The fraction of sp³-hybridized carbons (Fsp3) is 0.429. The van der Waals surface area contributed by atoms with E-state index in [1.807, 2.05) is 25.1 Å². The Kier molecular flexibility index (Phi) is 4.62. The SMILES string of the molecule is Cc1cc(Cl)ccc1C1(c2noc(-c3cc(C(F)F)n(C4CC(C(=O)O)C4)n3)n2)CC1. The Morgan fingerprint density at radius 2 is 2.06 bits per heavy atom. The molecular formula is C21H19ClF2N4O3. The van der Waals surface area contributed by atoms with Crippen LogP contribution < -0.4 is 0 Å². The van der Waals surface area contributed by atoms with E-state index in [2.05, 4.69) is 15.2 Å². The van der Waals surface area contributed by atoms with Crippen LogP contribution in [0.25, 0.3) is 11.6 Å². The fourth-order valence-corrected chi connectivity index (χ4v) is 4.61. The summed E-state index contributed by atoms with van der Waals surface area (Å²) in [6.07, 6.45) is -0.513. The Bertz CT molecular complexity index is 1170. The third kappa shape index (κ3) is 3.31. The summed E-state index contributed by atoms with van der Waals surface area (Å²) in [7, 11) is 0. The average molecular weight is 449 g/mol. The molecule has 7 nitrogen and oxygen atoms in total. The number of halogens is 3. The Morgan fingerprint density at radius 3 is 2.68 bits per heavy atom. The summed E-state index contributed by atoms with van der Waals surface area (Å²) in [4.78, 5) is 15.5. The van der Waals surface area contributed by atoms with E-state index in [-0.39, 0.29) is 41.6 Å². The molecule has 0 amide bonds. The normalized spacial score (nSPS) is 21.8. The third-order valence-electron chi connectivity index (χ3n) is 6.32. The van der Waals surface area contributed by atoms with Gasteiger partial charge in [0.15, 0.2) is 11.5 Å². The monoisotopic (exact) mass is 448 g/mol. The third-order valence-corrected chi connectivity index (χ3v) is 6.56. The zero-order chi connectivity index (χ0) is 21.9. The van der Waals surface area contributed by atoms with Gasteiger partial charge in [-0.3, -0.25) is 9.48 Å². The minimum atomic E-state index is -2.75. The summed E-state index contributed by atoms with van der Waals surface area (Å²) in [5.41, 5.74) is 1.61. The van der Waals surface area contributed by atoms with Crippen molar-refractivity contribution in [2.75, 3.05) is 0 Å². The van der Waals surface area contributed by atoms with Gasteiger partial charge in [0, 0.05) is 5.02 Å². The van der Waals surface area contributed by atoms with Crippen molar-refractivity contribution < 1.29 is 23.2 Å². The van der Waals surface area contributed by atoms with Gasteiger partial charge in [-0.25, -0.2) is 8.78 Å². The number of carbonyl (C=O) groups is 1. The summed E-state index contributed by atoms with van der Waals surface area (Å²) in [6.45, 7) is 1.97. The van der Waals surface area contributed by atoms with E-state index in [0.717, 1.165) is 24.0 Å². The van der Waals surface area contributed by atoms with E-state index in [9.17, 15) is 13.6 Å². The summed E-state index contributed by atoms with van der Waals surface area (Å²) in [5, 5.41) is 18.1. The maximum atomic E-state index is 13.6. The Hall–Kier alpha value is -2.81. The number of nitrogens with zero attached hydrogens (tertiary/aromatic N) is 4. The molecule has 2 aromatic heterocycles.